The number of nitrogens with zero attached hydrogens (tertiary/aromatic N) is 1. The van der Waals surface area contributed by atoms with E-state index in [1.165, 1.54) is 13.1 Å². The monoisotopic (exact) mass is 376 g/mol. The van der Waals surface area contributed by atoms with Gasteiger partial charge in [-0.2, -0.15) is 0 Å². The van der Waals surface area contributed by atoms with Gasteiger partial charge in [-0.1, -0.05) is 60.7 Å². The molecule has 0 unspecified atom stereocenters. The van der Waals surface area contributed by atoms with E-state index in [4.69, 9.17) is 15.2 Å². The summed E-state index contributed by atoms with van der Waals surface area (Å²) in [7, 11) is 0. The fourth-order valence-corrected chi connectivity index (χ4v) is 2.73. The van der Waals surface area contributed by atoms with E-state index in [1.54, 1.807) is 6.07 Å². The molecule has 1 atom stereocenters. The highest BCUT2D eigenvalue weighted by Crippen LogP contribution is 2.29. The first-order valence-corrected chi connectivity index (χ1v) is 8.73. The van der Waals surface area contributed by atoms with Crippen molar-refractivity contribution in [2.45, 2.75) is 19.6 Å². The molecule has 142 valence electrons. The molecule has 0 saturated carbocycles. The number of benzene rings is 2. The van der Waals surface area contributed by atoms with Crippen LogP contribution in [-0.2, 0) is 16.1 Å². The average molecular weight is 376 g/mol. The zero-order chi connectivity index (χ0) is 19.9. The number of ether oxygens (including phenoxy) is 2. The second kappa shape index (κ2) is 8.81. The molecule has 0 aliphatic carbocycles. The van der Waals surface area contributed by atoms with Gasteiger partial charge in [0.2, 0.25) is 0 Å². The van der Waals surface area contributed by atoms with Crippen LogP contribution in [0.4, 0.5) is 0 Å². The molecule has 2 N–H and O–H groups in total. The first kappa shape index (κ1) is 19.1. The van der Waals surface area contributed by atoms with Crippen LogP contribution >= 0.6 is 0 Å². The third-order valence-corrected chi connectivity index (χ3v) is 4.04. The molecule has 6 heteroatoms. The summed E-state index contributed by atoms with van der Waals surface area (Å²) >= 11 is 0. The lowest BCUT2D eigenvalue weighted by atomic mass is 10.0. The number of pyridine rings is 1. The van der Waals surface area contributed by atoms with Crippen molar-refractivity contribution in [3.8, 4) is 5.75 Å². The van der Waals surface area contributed by atoms with E-state index in [1.807, 2.05) is 60.7 Å². The van der Waals surface area contributed by atoms with Gasteiger partial charge in [0.25, 0.3) is 5.91 Å². The maximum atomic E-state index is 11.8. The third kappa shape index (κ3) is 4.73. The molecule has 1 heterocycles. The van der Waals surface area contributed by atoms with Crippen molar-refractivity contribution in [3.63, 3.8) is 0 Å². The van der Waals surface area contributed by atoms with Gasteiger partial charge in [0.1, 0.15) is 12.4 Å². The van der Waals surface area contributed by atoms with Crippen LogP contribution in [0.3, 0.4) is 0 Å². The molecule has 0 aliphatic heterocycles. The first-order valence-electron chi connectivity index (χ1n) is 8.73. The van der Waals surface area contributed by atoms with Crippen molar-refractivity contribution < 1.29 is 19.1 Å². The highest BCUT2D eigenvalue weighted by Gasteiger charge is 2.22. The van der Waals surface area contributed by atoms with Gasteiger partial charge >= 0.3 is 5.97 Å². The fourth-order valence-electron chi connectivity index (χ4n) is 2.73. The molecule has 1 aromatic heterocycles. The molecular weight excluding hydrogens is 356 g/mol. The summed E-state index contributed by atoms with van der Waals surface area (Å²) in [5.41, 5.74) is 7.75. The van der Waals surface area contributed by atoms with Gasteiger partial charge in [-0.3, -0.25) is 14.6 Å². The Kier molecular flexibility index (Phi) is 6.01. The van der Waals surface area contributed by atoms with E-state index in [0.29, 0.717) is 5.69 Å². The van der Waals surface area contributed by atoms with E-state index in [-0.39, 0.29) is 17.9 Å². The van der Waals surface area contributed by atoms with Crippen LogP contribution in [0.5, 0.6) is 5.75 Å². The molecule has 3 aromatic rings. The van der Waals surface area contributed by atoms with E-state index in [0.717, 1.165) is 11.1 Å². The van der Waals surface area contributed by atoms with Crippen LogP contribution in [0.1, 0.15) is 40.2 Å². The third-order valence-electron chi connectivity index (χ3n) is 4.04. The Morgan fingerprint density at radius 1 is 1.04 bits per heavy atom. The van der Waals surface area contributed by atoms with Crippen molar-refractivity contribution >= 4 is 11.9 Å². The molecule has 28 heavy (non-hydrogen) atoms. The Balaban J connectivity index is 1.95. The summed E-state index contributed by atoms with van der Waals surface area (Å²) in [6.07, 6.45) is 0.622. The lowest BCUT2D eigenvalue weighted by Crippen LogP contribution is -2.16. The summed E-state index contributed by atoms with van der Waals surface area (Å²) in [6.45, 7) is 1.59. The molecule has 1 amide bonds. The topological polar surface area (TPSA) is 91.5 Å². The number of carbonyl (C=O) groups excluding carboxylic acids is 2. The summed E-state index contributed by atoms with van der Waals surface area (Å²) in [6, 6.07) is 20.4. The zero-order valence-corrected chi connectivity index (χ0v) is 15.4. The molecule has 0 fully saturated rings. The van der Waals surface area contributed by atoms with Crippen molar-refractivity contribution in [1.29, 1.82) is 0 Å². The van der Waals surface area contributed by atoms with Crippen molar-refractivity contribution in [2.75, 3.05) is 0 Å². The van der Waals surface area contributed by atoms with Crippen LogP contribution in [0, 0.1) is 0 Å². The Bertz CT molecular complexity index is 959. The number of amides is 1. The number of nitrogens with two attached hydrogens (primary N) is 1. The highest BCUT2D eigenvalue weighted by molar-refractivity contribution is 5.95. The molecular formula is C22H20N2O4. The van der Waals surface area contributed by atoms with Crippen LogP contribution in [-0.4, -0.2) is 16.9 Å². The second-order valence-corrected chi connectivity index (χ2v) is 6.14. The first-order chi connectivity index (χ1) is 13.5. The van der Waals surface area contributed by atoms with Crippen molar-refractivity contribution in [1.82, 2.24) is 4.98 Å². The number of hydrogen-bond acceptors (Lipinski definition) is 5. The van der Waals surface area contributed by atoms with E-state index >= 15 is 0 Å². The highest BCUT2D eigenvalue weighted by atomic mass is 16.5. The molecule has 6 nitrogen and oxygen atoms in total. The summed E-state index contributed by atoms with van der Waals surface area (Å²) in [5, 5.41) is 0. The predicted molar refractivity (Wildman–Crippen MR) is 104 cm³/mol. The quantitative estimate of drug-likeness (QED) is 0.638. The van der Waals surface area contributed by atoms with Gasteiger partial charge in [0, 0.05) is 19.2 Å². The van der Waals surface area contributed by atoms with Crippen molar-refractivity contribution in [2.24, 2.45) is 5.73 Å². The number of carbonyl (C=O) groups is 2. The maximum absolute atomic E-state index is 11.8. The Hall–Kier alpha value is -3.67. The van der Waals surface area contributed by atoms with E-state index in [9.17, 15) is 9.59 Å². The Morgan fingerprint density at radius 2 is 1.68 bits per heavy atom. The number of aromatic nitrogens is 1. The standard InChI is InChI=1S/C22H20N2O4/c1-15(25)28-21(17-10-6-3-7-11-17)19-12-20(18(13-24-19)22(23)26)27-14-16-8-4-2-5-9-16/h2-13,21H,14H2,1H3,(H2,23,26)/t21-/m0/s1. The molecule has 0 saturated heterocycles. The average Bonchev–Trinajstić information content (AvgIpc) is 2.71. The second-order valence-electron chi connectivity index (χ2n) is 6.14. The van der Waals surface area contributed by atoms with Crippen LogP contribution in [0.15, 0.2) is 72.9 Å². The van der Waals surface area contributed by atoms with E-state index < -0.39 is 18.0 Å². The minimum absolute atomic E-state index is 0.161. The molecule has 3 rings (SSSR count). The van der Waals surface area contributed by atoms with Gasteiger partial charge in [-0.25, -0.2) is 0 Å². The number of esters is 1. The molecule has 0 aliphatic rings. The van der Waals surface area contributed by atoms with Gasteiger partial charge in [0.05, 0.1) is 11.3 Å². The smallest absolute Gasteiger partial charge is 0.303 e. The molecule has 2 aromatic carbocycles. The zero-order valence-electron chi connectivity index (χ0n) is 15.4. The summed E-state index contributed by atoms with van der Waals surface area (Å²) < 4.78 is 11.3. The normalized spacial score (nSPS) is 11.5. The Morgan fingerprint density at radius 3 is 2.29 bits per heavy atom. The summed E-state index contributed by atoms with van der Waals surface area (Å²) in [4.78, 5) is 27.7. The maximum Gasteiger partial charge on any atom is 0.303 e. The minimum Gasteiger partial charge on any atom is -0.488 e. The lowest BCUT2D eigenvalue weighted by Gasteiger charge is -2.19. The molecule has 0 spiro atoms. The van der Waals surface area contributed by atoms with Crippen molar-refractivity contribution in [3.05, 3.63) is 95.3 Å². The van der Waals surface area contributed by atoms with Gasteiger partial charge < -0.3 is 15.2 Å². The summed E-state index contributed by atoms with van der Waals surface area (Å²) in [5.74, 6) is -0.804. The van der Waals surface area contributed by atoms with E-state index in [2.05, 4.69) is 4.98 Å². The van der Waals surface area contributed by atoms with Crippen LogP contribution < -0.4 is 10.5 Å². The van der Waals surface area contributed by atoms with Gasteiger partial charge in [-0.15, -0.1) is 0 Å². The van der Waals surface area contributed by atoms with Gasteiger partial charge in [0.15, 0.2) is 6.10 Å². The fraction of sp³-hybridized carbons (Fsp3) is 0.136. The predicted octanol–water partition coefficient (Wildman–Crippen LogP) is 3.41. The number of hydrogen-bond donors (Lipinski definition) is 1. The Labute approximate surface area is 162 Å². The minimum atomic E-state index is -0.722. The number of primary amides is 1. The van der Waals surface area contributed by atoms with Crippen LogP contribution in [0.25, 0.3) is 0 Å². The lowest BCUT2D eigenvalue weighted by molar-refractivity contribution is -0.144. The SMILES string of the molecule is CC(=O)O[C@@H](c1ccccc1)c1cc(OCc2ccccc2)c(C(N)=O)cn1. The van der Waals surface area contributed by atoms with Crippen LogP contribution in [0.2, 0.25) is 0 Å². The largest absolute Gasteiger partial charge is 0.488 e. The number of rotatable bonds is 7. The molecule has 0 radical (unpaired) electrons. The molecule has 0 bridgehead atoms. The van der Waals surface area contributed by atoms with Gasteiger partial charge in [-0.05, 0) is 11.1 Å².